The van der Waals surface area contributed by atoms with Gasteiger partial charge in [-0.25, -0.2) is 9.97 Å². The van der Waals surface area contributed by atoms with Crippen LogP contribution in [0.3, 0.4) is 0 Å². The van der Waals surface area contributed by atoms with Crippen molar-refractivity contribution in [3.05, 3.63) is 30.0 Å². The van der Waals surface area contributed by atoms with Crippen LogP contribution in [0.2, 0.25) is 0 Å². The maximum Gasteiger partial charge on any atom is 0.330 e. The summed E-state index contributed by atoms with van der Waals surface area (Å²) >= 11 is 0. The molecule has 2 aromatic rings. The van der Waals surface area contributed by atoms with E-state index in [0.29, 0.717) is 17.0 Å². The summed E-state index contributed by atoms with van der Waals surface area (Å²) in [4.78, 5) is 24.3. The van der Waals surface area contributed by atoms with Crippen molar-refractivity contribution in [1.29, 1.82) is 5.26 Å². The summed E-state index contributed by atoms with van der Waals surface area (Å²) in [5.41, 5.74) is 1.79. The van der Waals surface area contributed by atoms with Crippen LogP contribution >= 0.6 is 0 Å². The number of benzene rings is 1. The van der Waals surface area contributed by atoms with E-state index in [1.807, 2.05) is 24.3 Å². The highest BCUT2D eigenvalue weighted by atomic mass is 16.6. The van der Waals surface area contributed by atoms with E-state index >= 15 is 0 Å². The van der Waals surface area contributed by atoms with Crippen LogP contribution in [0.25, 0.3) is 11.0 Å². The molecule has 2 heterocycles. The SMILES string of the molecule is COC[C@@H](C)OC(=O)[C@H](C#N)c1nc2ccccc2nc1N1CCCCCC1. The normalized spacial score (nSPS) is 16.8. The molecule has 1 aromatic heterocycles. The van der Waals surface area contributed by atoms with Gasteiger partial charge in [-0.1, -0.05) is 25.0 Å². The molecule has 7 heteroatoms. The molecule has 28 heavy (non-hydrogen) atoms. The number of carbonyl (C=O) groups is 1. The zero-order chi connectivity index (χ0) is 19.9. The number of fused-ring (bicyclic) bond motifs is 1. The Bertz CT molecular complexity index is 856. The van der Waals surface area contributed by atoms with E-state index in [0.717, 1.165) is 31.4 Å². The van der Waals surface area contributed by atoms with Crippen molar-refractivity contribution in [2.75, 3.05) is 31.7 Å². The van der Waals surface area contributed by atoms with E-state index in [1.165, 1.54) is 12.8 Å². The molecule has 1 aromatic carbocycles. The monoisotopic (exact) mass is 382 g/mol. The molecule has 0 spiro atoms. The van der Waals surface area contributed by atoms with Crippen LogP contribution in [0, 0.1) is 11.3 Å². The first-order valence-corrected chi connectivity index (χ1v) is 9.74. The zero-order valence-electron chi connectivity index (χ0n) is 16.4. The number of nitriles is 1. The van der Waals surface area contributed by atoms with Crippen molar-refractivity contribution in [3.8, 4) is 6.07 Å². The lowest BCUT2D eigenvalue weighted by molar-refractivity contribution is -0.150. The quantitative estimate of drug-likeness (QED) is 0.709. The Morgan fingerprint density at radius 2 is 1.82 bits per heavy atom. The smallest absolute Gasteiger partial charge is 0.330 e. The third-order valence-corrected chi connectivity index (χ3v) is 4.84. The Balaban J connectivity index is 2.02. The van der Waals surface area contributed by atoms with Crippen LogP contribution < -0.4 is 4.90 Å². The van der Waals surface area contributed by atoms with Gasteiger partial charge in [0, 0.05) is 20.2 Å². The van der Waals surface area contributed by atoms with Crippen LogP contribution in [0.15, 0.2) is 24.3 Å². The van der Waals surface area contributed by atoms with Gasteiger partial charge in [0.2, 0.25) is 0 Å². The highest BCUT2D eigenvalue weighted by Gasteiger charge is 2.31. The second-order valence-corrected chi connectivity index (χ2v) is 7.09. The summed E-state index contributed by atoms with van der Waals surface area (Å²) in [6.07, 6.45) is 4.01. The molecule has 0 amide bonds. The number of carbonyl (C=O) groups excluding carboxylic acids is 1. The van der Waals surface area contributed by atoms with Gasteiger partial charge in [-0.2, -0.15) is 5.26 Å². The van der Waals surface area contributed by atoms with Gasteiger partial charge in [-0.05, 0) is 31.9 Å². The van der Waals surface area contributed by atoms with E-state index in [4.69, 9.17) is 14.5 Å². The molecule has 0 N–H and O–H groups in total. The molecule has 0 radical (unpaired) electrons. The lowest BCUT2D eigenvalue weighted by atomic mass is 10.1. The van der Waals surface area contributed by atoms with Gasteiger partial charge >= 0.3 is 5.97 Å². The largest absolute Gasteiger partial charge is 0.459 e. The summed E-state index contributed by atoms with van der Waals surface area (Å²) in [5.74, 6) is -1.13. The van der Waals surface area contributed by atoms with Crippen molar-refractivity contribution >= 4 is 22.8 Å². The fourth-order valence-corrected chi connectivity index (χ4v) is 3.47. The fraction of sp³-hybridized carbons (Fsp3) is 0.524. The zero-order valence-corrected chi connectivity index (χ0v) is 16.4. The number of anilines is 1. The summed E-state index contributed by atoms with van der Waals surface area (Å²) in [7, 11) is 1.54. The van der Waals surface area contributed by atoms with Crippen LogP contribution in [0.1, 0.15) is 44.2 Å². The molecule has 0 bridgehead atoms. The lowest BCUT2D eigenvalue weighted by Crippen LogP contribution is -2.30. The van der Waals surface area contributed by atoms with Crippen molar-refractivity contribution in [2.45, 2.75) is 44.6 Å². The molecule has 148 valence electrons. The molecule has 7 nitrogen and oxygen atoms in total. The third-order valence-electron chi connectivity index (χ3n) is 4.84. The van der Waals surface area contributed by atoms with E-state index in [9.17, 15) is 10.1 Å². The number of nitrogens with zero attached hydrogens (tertiary/aromatic N) is 4. The minimum Gasteiger partial charge on any atom is -0.459 e. The Labute approximate surface area is 165 Å². The lowest BCUT2D eigenvalue weighted by Gasteiger charge is -2.25. The van der Waals surface area contributed by atoms with E-state index in [-0.39, 0.29) is 6.61 Å². The third kappa shape index (κ3) is 4.57. The Hall–Kier alpha value is -2.72. The molecule has 1 fully saturated rings. The van der Waals surface area contributed by atoms with Crippen LogP contribution in [-0.4, -0.2) is 48.8 Å². The standard InChI is InChI=1S/C21H26N4O3/c1-15(14-27-2)28-21(26)16(13-22)19-20(25-11-7-3-4-8-12-25)24-18-10-6-5-9-17(18)23-19/h5-6,9-10,15-16H,3-4,7-8,11-12,14H2,1-2H3/t15-,16-/m1/s1. The molecule has 2 atom stereocenters. The van der Waals surface area contributed by atoms with Gasteiger partial charge in [0.1, 0.15) is 11.8 Å². The number of hydrogen-bond acceptors (Lipinski definition) is 7. The van der Waals surface area contributed by atoms with Crippen LogP contribution in [0.5, 0.6) is 0 Å². The van der Waals surface area contributed by atoms with Crippen molar-refractivity contribution < 1.29 is 14.3 Å². The van der Waals surface area contributed by atoms with Gasteiger partial charge in [0.25, 0.3) is 0 Å². The van der Waals surface area contributed by atoms with Gasteiger partial charge < -0.3 is 14.4 Å². The number of hydrogen-bond donors (Lipinski definition) is 0. The van der Waals surface area contributed by atoms with Crippen LogP contribution in [0.4, 0.5) is 5.82 Å². The molecular formula is C21H26N4O3. The second kappa shape index (κ2) is 9.47. The summed E-state index contributed by atoms with van der Waals surface area (Å²) in [6, 6.07) is 9.59. The molecule has 1 saturated heterocycles. The Morgan fingerprint density at radius 1 is 1.18 bits per heavy atom. The van der Waals surface area contributed by atoms with Crippen molar-refractivity contribution in [3.63, 3.8) is 0 Å². The number of para-hydroxylation sites is 2. The molecular weight excluding hydrogens is 356 g/mol. The van der Waals surface area contributed by atoms with Gasteiger partial charge in [-0.3, -0.25) is 4.79 Å². The minimum absolute atomic E-state index is 0.270. The van der Waals surface area contributed by atoms with Crippen molar-refractivity contribution in [2.24, 2.45) is 0 Å². The van der Waals surface area contributed by atoms with E-state index in [2.05, 4.69) is 16.0 Å². The number of rotatable bonds is 6. The first-order chi connectivity index (χ1) is 13.6. The van der Waals surface area contributed by atoms with Gasteiger partial charge in [0.15, 0.2) is 11.7 Å². The molecule has 0 saturated carbocycles. The maximum absolute atomic E-state index is 12.7. The number of aromatic nitrogens is 2. The van der Waals surface area contributed by atoms with Gasteiger partial charge in [-0.15, -0.1) is 0 Å². The highest BCUT2D eigenvalue weighted by molar-refractivity contribution is 5.85. The van der Waals surface area contributed by atoms with Gasteiger partial charge in [0.05, 0.1) is 23.7 Å². The summed E-state index contributed by atoms with van der Waals surface area (Å²) < 4.78 is 10.4. The Kier molecular flexibility index (Phi) is 6.77. The molecule has 0 unspecified atom stereocenters. The van der Waals surface area contributed by atoms with E-state index in [1.54, 1.807) is 14.0 Å². The van der Waals surface area contributed by atoms with Crippen molar-refractivity contribution in [1.82, 2.24) is 9.97 Å². The maximum atomic E-state index is 12.7. The second-order valence-electron chi connectivity index (χ2n) is 7.09. The predicted octanol–water partition coefficient (Wildman–Crippen LogP) is 3.20. The number of methoxy groups -OCH3 is 1. The molecule has 1 aliphatic rings. The molecule has 0 aliphatic carbocycles. The average Bonchev–Trinajstić information content (AvgIpc) is 2.97. The van der Waals surface area contributed by atoms with E-state index < -0.39 is 18.0 Å². The number of ether oxygens (including phenoxy) is 2. The predicted molar refractivity (Wildman–Crippen MR) is 106 cm³/mol. The Morgan fingerprint density at radius 3 is 2.43 bits per heavy atom. The topological polar surface area (TPSA) is 88.3 Å². The molecule has 3 rings (SSSR count). The number of esters is 1. The summed E-state index contributed by atoms with van der Waals surface area (Å²) in [6.45, 7) is 3.68. The van der Waals surface area contributed by atoms with Crippen LogP contribution in [-0.2, 0) is 14.3 Å². The minimum atomic E-state index is -1.13. The fourth-order valence-electron chi connectivity index (χ4n) is 3.47. The molecule has 1 aliphatic heterocycles. The average molecular weight is 382 g/mol. The first kappa shape index (κ1) is 20.0. The first-order valence-electron chi connectivity index (χ1n) is 9.74. The highest BCUT2D eigenvalue weighted by Crippen LogP contribution is 2.29. The summed E-state index contributed by atoms with van der Waals surface area (Å²) in [5, 5.41) is 9.77.